The number of amides is 1. The van der Waals surface area contributed by atoms with Crippen molar-refractivity contribution in [1.82, 2.24) is 4.98 Å². The van der Waals surface area contributed by atoms with Crippen LogP contribution in [0.4, 0.5) is 11.4 Å². The number of carbonyl (C=O) groups excluding carboxylic acids is 1. The van der Waals surface area contributed by atoms with Gasteiger partial charge in [0.25, 0.3) is 5.91 Å². The van der Waals surface area contributed by atoms with Crippen LogP contribution in [0.3, 0.4) is 0 Å². The lowest BCUT2D eigenvalue weighted by Crippen LogP contribution is -2.41. The van der Waals surface area contributed by atoms with Crippen molar-refractivity contribution in [2.75, 3.05) is 23.7 Å². The standard InChI is InChI=1S/C17H22N4OS/c18-14-13-12(5-7-20-17(13)23-15(14)16(19)22)21-8-6-10-3-1-2-4-11(10)9-21/h5,7,10-11H,1-4,6,8-9,18H2,(H2,19,22)/t10-,11-/m1/s1. The second-order valence-corrected chi connectivity index (χ2v) is 7.76. The SMILES string of the molecule is NC(=O)c1sc2nccc(N3CC[C@H]4CCCC[C@@H]4C3)c2c1N. The number of anilines is 2. The quantitative estimate of drug-likeness (QED) is 0.886. The fourth-order valence-corrected chi connectivity index (χ4v) is 5.23. The van der Waals surface area contributed by atoms with Crippen molar-refractivity contribution in [1.29, 1.82) is 0 Å². The van der Waals surface area contributed by atoms with Crippen molar-refractivity contribution in [2.45, 2.75) is 32.1 Å². The molecule has 1 saturated carbocycles. The van der Waals surface area contributed by atoms with Gasteiger partial charge in [-0.2, -0.15) is 0 Å². The maximum atomic E-state index is 11.6. The first-order valence-electron chi connectivity index (χ1n) is 8.37. The highest BCUT2D eigenvalue weighted by atomic mass is 32.1. The minimum atomic E-state index is -0.470. The number of nitrogen functional groups attached to an aromatic ring is 1. The first-order valence-corrected chi connectivity index (χ1v) is 9.18. The molecule has 4 rings (SSSR count). The van der Waals surface area contributed by atoms with Crippen LogP contribution >= 0.6 is 11.3 Å². The second-order valence-electron chi connectivity index (χ2n) is 6.76. The van der Waals surface area contributed by atoms with Gasteiger partial charge < -0.3 is 16.4 Å². The molecule has 1 amide bonds. The Morgan fingerprint density at radius 1 is 1.26 bits per heavy atom. The Bertz CT molecular complexity index is 756. The van der Waals surface area contributed by atoms with Crippen LogP contribution in [0.25, 0.3) is 10.2 Å². The molecule has 23 heavy (non-hydrogen) atoms. The van der Waals surface area contributed by atoms with Crippen LogP contribution in [0, 0.1) is 11.8 Å². The predicted molar refractivity (Wildman–Crippen MR) is 94.8 cm³/mol. The van der Waals surface area contributed by atoms with Crippen molar-refractivity contribution in [3.63, 3.8) is 0 Å². The highest BCUT2D eigenvalue weighted by Gasteiger charge is 2.32. The zero-order valence-electron chi connectivity index (χ0n) is 13.1. The molecule has 0 unspecified atom stereocenters. The van der Waals surface area contributed by atoms with Gasteiger partial charge in [-0.3, -0.25) is 4.79 Å². The average molecular weight is 330 g/mol. The first-order chi connectivity index (χ1) is 11.1. The van der Waals surface area contributed by atoms with Gasteiger partial charge in [-0.1, -0.05) is 19.3 Å². The molecule has 1 aliphatic carbocycles. The van der Waals surface area contributed by atoms with Crippen LogP contribution in [-0.2, 0) is 0 Å². The fraction of sp³-hybridized carbons (Fsp3) is 0.529. The fourth-order valence-electron chi connectivity index (χ4n) is 4.29. The van der Waals surface area contributed by atoms with Crippen LogP contribution in [0.5, 0.6) is 0 Å². The number of aromatic nitrogens is 1. The van der Waals surface area contributed by atoms with E-state index in [4.69, 9.17) is 11.5 Å². The van der Waals surface area contributed by atoms with E-state index in [1.54, 1.807) is 0 Å². The summed E-state index contributed by atoms with van der Waals surface area (Å²) >= 11 is 1.30. The molecule has 0 bridgehead atoms. The Morgan fingerprint density at radius 2 is 2.04 bits per heavy atom. The number of hydrogen-bond acceptors (Lipinski definition) is 5. The zero-order valence-corrected chi connectivity index (χ0v) is 13.9. The molecule has 2 aromatic rings. The molecular formula is C17H22N4OS. The lowest BCUT2D eigenvalue weighted by atomic mass is 9.75. The smallest absolute Gasteiger partial charge is 0.260 e. The summed E-state index contributed by atoms with van der Waals surface area (Å²) in [4.78, 5) is 19.6. The predicted octanol–water partition coefficient (Wildman–Crippen LogP) is 2.99. The van der Waals surface area contributed by atoms with Crippen LogP contribution in [0.2, 0.25) is 0 Å². The Balaban J connectivity index is 1.72. The molecule has 4 N–H and O–H groups in total. The monoisotopic (exact) mass is 330 g/mol. The minimum Gasteiger partial charge on any atom is -0.397 e. The summed E-state index contributed by atoms with van der Waals surface area (Å²) in [7, 11) is 0. The molecule has 3 heterocycles. The molecule has 0 aromatic carbocycles. The van der Waals surface area contributed by atoms with Gasteiger partial charge in [-0.15, -0.1) is 11.3 Å². The van der Waals surface area contributed by atoms with E-state index in [1.807, 2.05) is 12.3 Å². The Kier molecular flexibility index (Phi) is 3.64. The van der Waals surface area contributed by atoms with Gasteiger partial charge in [0.2, 0.25) is 0 Å². The summed E-state index contributed by atoms with van der Waals surface area (Å²) in [5.41, 5.74) is 13.3. The number of pyridine rings is 1. The third-order valence-electron chi connectivity index (χ3n) is 5.46. The third kappa shape index (κ3) is 2.45. The summed E-state index contributed by atoms with van der Waals surface area (Å²) in [6.07, 6.45) is 8.53. The molecule has 2 atom stereocenters. The first kappa shape index (κ1) is 14.8. The van der Waals surface area contributed by atoms with E-state index in [9.17, 15) is 4.79 Å². The number of thiophene rings is 1. The normalized spacial score (nSPS) is 24.6. The Morgan fingerprint density at radius 3 is 2.83 bits per heavy atom. The number of nitrogens with zero attached hydrogens (tertiary/aromatic N) is 2. The maximum Gasteiger partial charge on any atom is 0.260 e. The third-order valence-corrected chi connectivity index (χ3v) is 6.59. The average Bonchev–Trinajstić information content (AvgIpc) is 2.92. The molecule has 1 aliphatic heterocycles. The summed E-state index contributed by atoms with van der Waals surface area (Å²) < 4.78 is 0. The van der Waals surface area contributed by atoms with E-state index >= 15 is 0 Å². The van der Waals surface area contributed by atoms with Crippen LogP contribution in [-0.4, -0.2) is 24.0 Å². The number of primary amides is 1. The highest BCUT2D eigenvalue weighted by Crippen LogP contribution is 2.42. The molecule has 122 valence electrons. The van der Waals surface area contributed by atoms with Crippen molar-refractivity contribution in [2.24, 2.45) is 17.6 Å². The topological polar surface area (TPSA) is 85.2 Å². The van der Waals surface area contributed by atoms with E-state index < -0.39 is 5.91 Å². The summed E-state index contributed by atoms with van der Waals surface area (Å²) in [6.45, 7) is 2.15. The number of piperidine rings is 1. The van der Waals surface area contributed by atoms with Gasteiger partial charge in [-0.05, 0) is 30.7 Å². The maximum absolute atomic E-state index is 11.6. The molecule has 1 saturated heterocycles. The Labute approximate surface area is 139 Å². The molecule has 5 nitrogen and oxygen atoms in total. The largest absolute Gasteiger partial charge is 0.397 e. The van der Waals surface area contributed by atoms with Gasteiger partial charge in [0, 0.05) is 19.3 Å². The molecule has 0 spiro atoms. The lowest BCUT2D eigenvalue weighted by Gasteiger charge is -2.42. The van der Waals surface area contributed by atoms with Gasteiger partial charge in [0.1, 0.15) is 9.71 Å². The van der Waals surface area contributed by atoms with Gasteiger partial charge in [0.15, 0.2) is 0 Å². The van der Waals surface area contributed by atoms with Gasteiger partial charge in [0.05, 0.1) is 16.8 Å². The molecule has 2 aromatic heterocycles. The number of hydrogen-bond donors (Lipinski definition) is 2. The molecule has 2 fully saturated rings. The Hall–Kier alpha value is -1.82. The van der Waals surface area contributed by atoms with Crippen LogP contribution in [0.15, 0.2) is 12.3 Å². The van der Waals surface area contributed by atoms with Crippen LogP contribution in [0.1, 0.15) is 41.8 Å². The second kappa shape index (κ2) is 5.67. The van der Waals surface area contributed by atoms with Crippen LogP contribution < -0.4 is 16.4 Å². The molecule has 6 heteroatoms. The van der Waals surface area contributed by atoms with E-state index in [0.29, 0.717) is 10.6 Å². The molecule has 0 radical (unpaired) electrons. The van der Waals surface area contributed by atoms with Crippen molar-refractivity contribution < 1.29 is 4.79 Å². The summed E-state index contributed by atoms with van der Waals surface area (Å²) in [5.74, 6) is 1.21. The van der Waals surface area contributed by atoms with E-state index in [2.05, 4.69) is 9.88 Å². The van der Waals surface area contributed by atoms with Crippen molar-refractivity contribution in [3.05, 3.63) is 17.1 Å². The van der Waals surface area contributed by atoms with Crippen molar-refractivity contribution in [3.8, 4) is 0 Å². The number of nitrogens with two attached hydrogens (primary N) is 2. The highest BCUT2D eigenvalue weighted by molar-refractivity contribution is 7.21. The zero-order chi connectivity index (χ0) is 16.0. The van der Waals surface area contributed by atoms with Gasteiger partial charge in [-0.25, -0.2) is 4.98 Å². The number of carbonyl (C=O) groups is 1. The number of fused-ring (bicyclic) bond motifs is 2. The van der Waals surface area contributed by atoms with E-state index in [-0.39, 0.29) is 0 Å². The van der Waals surface area contributed by atoms with E-state index in [0.717, 1.165) is 40.8 Å². The van der Waals surface area contributed by atoms with E-state index in [1.165, 1.54) is 43.4 Å². The van der Waals surface area contributed by atoms with Crippen molar-refractivity contribution >= 4 is 38.8 Å². The van der Waals surface area contributed by atoms with Gasteiger partial charge >= 0.3 is 0 Å². The summed E-state index contributed by atoms with van der Waals surface area (Å²) in [6, 6.07) is 2.03. The summed E-state index contributed by atoms with van der Waals surface area (Å²) in [5, 5.41) is 0.903. The molecule has 2 aliphatic rings. The minimum absolute atomic E-state index is 0.424. The lowest BCUT2D eigenvalue weighted by molar-refractivity contribution is 0.100. The number of rotatable bonds is 2. The molecular weight excluding hydrogens is 308 g/mol.